The lowest BCUT2D eigenvalue weighted by atomic mass is 9.61. The summed E-state index contributed by atoms with van der Waals surface area (Å²) in [7, 11) is 37.5. The second-order valence-electron chi connectivity index (χ2n) is 20.2. The van der Waals surface area contributed by atoms with E-state index in [9.17, 15) is 0 Å². The van der Waals surface area contributed by atoms with Crippen LogP contribution in [0.15, 0.2) is 84.9 Å². The maximum atomic E-state index is 2.65. The Bertz CT molecular complexity index is 4040. The molecule has 2 aromatic heterocycles. The van der Waals surface area contributed by atoms with E-state index < -0.39 is 0 Å². The number of hydrogen-bond donors (Lipinski definition) is 0. The maximum absolute atomic E-state index is 2.65. The largest absolute Gasteiger partial charge is 0.310 e. The number of fused-ring (bicyclic) bond motifs is 12. The van der Waals surface area contributed by atoms with E-state index in [1.54, 1.807) is 0 Å². The summed E-state index contributed by atoms with van der Waals surface area (Å²) in [4.78, 5) is 0. The van der Waals surface area contributed by atoms with Crippen molar-refractivity contribution in [1.82, 2.24) is 9.13 Å². The lowest BCUT2D eigenvalue weighted by Gasteiger charge is -2.24. The summed E-state index contributed by atoms with van der Waals surface area (Å²) >= 11 is 0. The molecule has 9 aromatic carbocycles. The van der Waals surface area contributed by atoms with Crippen molar-refractivity contribution in [2.45, 2.75) is 0 Å². The predicted molar refractivity (Wildman–Crippen MR) is 344 cm³/mol. The normalized spacial score (nSPS) is 12.0. The molecule has 0 aliphatic carbocycles. The third-order valence-electron chi connectivity index (χ3n) is 17.0. The zero-order valence-electron chi connectivity index (χ0n) is 42.0. The lowest BCUT2D eigenvalue weighted by molar-refractivity contribution is 1.19. The Kier molecular flexibility index (Phi) is 9.74. The third kappa shape index (κ3) is 5.60. The van der Waals surface area contributed by atoms with Gasteiger partial charge in [-0.2, -0.15) is 0 Å². The van der Waals surface area contributed by atoms with Crippen LogP contribution in [-0.2, 0) is 0 Å². The molecule has 0 atom stereocenters. The second-order valence-corrected chi connectivity index (χ2v) is 20.2. The Morgan fingerprint density at radius 2 is 0.576 bits per heavy atom. The molecular weight excluding hydrogens is 778 g/mol. The number of benzene rings is 9. The van der Waals surface area contributed by atoms with Crippen molar-refractivity contribution in [2.75, 3.05) is 0 Å². The van der Waals surface area contributed by atoms with Crippen molar-refractivity contribution < 1.29 is 0 Å². The Balaban J connectivity index is 1.29. The molecule has 0 aliphatic heterocycles. The van der Waals surface area contributed by atoms with Gasteiger partial charge in [0.25, 0.3) is 0 Å². The van der Waals surface area contributed by atoms with Crippen molar-refractivity contribution in [1.29, 1.82) is 0 Å². The number of rotatable bonds is 3. The summed E-state index contributed by atoms with van der Waals surface area (Å²) in [5.41, 5.74) is 32.2. The van der Waals surface area contributed by atoms with E-state index in [1.165, 1.54) is 186 Å². The van der Waals surface area contributed by atoms with Crippen molar-refractivity contribution in [3.05, 3.63) is 84.9 Å². The summed E-state index contributed by atoms with van der Waals surface area (Å²) in [5, 5.41) is 13.4. The Hall–Kier alpha value is -5.60. The van der Waals surface area contributed by atoms with Crippen LogP contribution in [0.1, 0.15) is 0 Å². The molecule has 0 saturated carbocycles. The fourth-order valence-corrected chi connectivity index (χ4v) is 12.6. The zero-order valence-corrected chi connectivity index (χ0v) is 42.0. The average Bonchev–Trinajstić information content (AvgIpc) is 3.87. The number of aromatic nitrogens is 2. The SMILES string of the molecule is Bc1ccc(-n2c3c(B)c(B)c(B)c(B)c3c3c(B)c(-c4c(B)c(B)c5c(c4B)c4c(B)c(B)c(B)c(B)c4n5-c4ccc5c6ccc(B)cc6c6ccccc6c5c4)c(B)c(B)c32)cc1. The highest BCUT2D eigenvalue weighted by atomic mass is 15.0. The van der Waals surface area contributed by atoms with Gasteiger partial charge in [0.2, 0.25) is 0 Å². The van der Waals surface area contributed by atoms with Crippen LogP contribution in [0.25, 0.3) is 98.4 Å². The molecule has 0 fully saturated rings. The van der Waals surface area contributed by atoms with Crippen LogP contribution in [0.3, 0.4) is 0 Å². The quantitative estimate of drug-likeness (QED) is 0.124. The Morgan fingerprint density at radius 1 is 0.242 bits per heavy atom. The minimum Gasteiger partial charge on any atom is -0.310 e. The summed E-state index contributed by atoms with van der Waals surface area (Å²) in [6.07, 6.45) is 0. The first-order chi connectivity index (χ1) is 31.5. The van der Waals surface area contributed by atoms with Crippen LogP contribution in [0.4, 0.5) is 0 Å². The van der Waals surface area contributed by atoms with Crippen LogP contribution in [0, 0.1) is 0 Å². The van der Waals surface area contributed by atoms with Crippen molar-refractivity contribution >= 4 is 289 Å². The molecule has 0 bridgehead atoms. The van der Waals surface area contributed by atoms with E-state index in [0.717, 1.165) is 0 Å². The van der Waals surface area contributed by atoms with Gasteiger partial charge in [0.05, 0.1) is 0 Å². The molecule has 2 nitrogen and oxygen atoms in total. The topological polar surface area (TPSA) is 9.86 Å². The third-order valence-corrected chi connectivity index (χ3v) is 17.0. The summed E-state index contributed by atoms with van der Waals surface area (Å²) in [5.74, 6) is 0. The first kappa shape index (κ1) is 43.0. The van der Waals surface area contributed by atoms with Gasteiger partial charge in [-0.1, -0.05) is 137 Å². The zero-order chi connectivity index (χ0) is 46.7. The van der Waals surface area contributed by atoms with Crippen molar-refractivity contribution in [3.8, 4) is 22.5 Å². The number of nitrogens with zero attached hydrogens (tertiary/aromatic N) is 2. The molecule has 2 heterocycles. The molecule has 0 spiro atoms. The standard InChI is InChI=1S/C48H46B16N2/c49-15-5-8-17(9-6-15)65-45-27(29-35(55)37(57)39(59)43(63)47(29)65)31(51)25(33(53)41(45)61)26-32(52)28-30-36(56)38(58)40(60)44(64)48(30)66(46(28)42(62)34(26)54)18-10-12-22-21-11-7-16(50)13-23(21)19-3-1-2-4-20(19)24(22)14-18/h1-14H,49-64H2. The fraction of sp³-hybridized carbons (Fsp3) is 0. The van der Waals surface area contributed by atoms with Gasteiger partial charge in [0, 0.05) is 44.2 Å². The summed E-state index contributed by atoms with van der Waals surface area (Å²) < 4.78 is 5.24. The molecule has 18 heteroatoms. The van der Waals surface area contributed by atoms with E-state index >= 15 is 0 Å². The highest BCUT2D eigenvalue weighted by Crippen LogP contribution is 2.38. The van der Waals surface area contributed by atoms with Gasteiger partial charge in [-0.15, -0.1) is 10.9 Å². The maximum Gasteiger partial charge on any atom is 0.141 e. The highest BCUT2D eigenvalue weighted by molar-refractivity contribution is 6.72. The molecule has 296 valence electrons. The molecule has 11 aromatic rings. The van der Waals surface area contributed by atoms with Gasteiger partial charge in [-0.05, 0) is 78.5 Å². The summed E-state index contributed by atoms with van der Waals surface area (Å²) in [6, 6.07) is 32.4. The fourth-order valence-electron chi connectivity index (χ4n) is 12.6. The predicted octanol–water partition coefficient (Wildman–Crippen LogP) is -14.9. The van der Waals surface area contributed by atoms with Crippen LogP contribution in [0.5, 0.6) is 0 Å². The second kappa shape index (κ2) is 15.0. The van der Waals surface area contributed by atoms with E-state index in [-0.39, 0.29) is 0 Å². The van der Waals surface area contributed by atoms with Gasteiger partial charge in [-0.3, -0.25) is 0 Å². The molecule has 66 heavy (non-hydrogen) atoms. The van der Waals surface area contributed by atoms with E-state index in [4.69, 9.17) is 0 Å². The van der Waals surface area contributed by atoms with Crippen LogP contribution in [-0.4, -0.2) is 135 Å². The highest BCUT2D eigenvalue weighted by Gasteiger charge is 2.29. The van der Waals surface area contributed by atoms with Crippen LogP contribution >= 0.6 is 0 Å². The average molecular weight is 824 g/mol. The van der Waals surface area contributed by atoms with E-state index in [2.05, 4.69) is 220 Å². The molecule has 0 radical (unpaired) electrons. The monoisotopic (exact) mass is 827 g/mol. The first-order valence-electron chi connectivity index (χ1n) is 24.0. The number of hydrogen-bond acceptors (Lipinski definition) is 0. The molecule has 0 amide bonds. The molecule has 0 aliphatic rings. The minimum atomic E-state index is 1.21. The van der Waals surface area contributed by atoms with Crippen molar-refractivity contribution in [2.24, 2.45) is 0 Å². The lowest BCUT2D eigenvalue weighted by Crippen LogP contribution is -2.48. The van der Waals surface area contributed by atoms with E-state index in [0.29, 0.717) is 0 Å². The van der Waals surface area contributed by atoms with Gasteiger partial charge in [-0.25, -0.2) is 0 Å². The van der Waals surface area contributed by atoms with Gasteiger partial charge >= 0.3 is 0 Å². The van der Waals surface area contributed by atoms with Crippen LogP contribution in [0.2, 0.25) is 0 Å². The molecule has 11 rings (SSSR count). The Morgan fingerprint density at radius 3 is 1.05 bits per heavy atom. The van der Waals surface area contributed by atoms with Gasteiger partial charge in [0.1, 0.15) is 126 Å². The molecule has 0 saturated heterocycles. The smallest absolute Gasteiger partial charge is 0.141 e. The summed E-state index contributed by atoms with van der Waals surface area (Å²) in [6.45, 7) is 0. The van der Waals surface area contributed by atoms with Gasteiger partial charge in [0.15, 0.2) is 0 Å². The van der Waals surface area contributed by atoms with E-state index in [1.807, 2.05) is 0 Å². The molecule has 0 N–H and O–H groups in total. The Labute approximate surface area is 403 Å². The van der Waals surface area contributed by atoms with Gasteiger partial charge < -0.3 is 9.13 Å². The van der Waals surface area contributed by atoms with Crippen molar-refractivity contribution in [3.63, 3.8) is 0 Å². The molecular formula is C48H46B16N2. The minimum absolute atomic E-state index is 1.21. The van der Waals surface area contributed by atoms with Crippen LogP contribution < -0.4 is 87.4 Å². The first-order valence-corrected chi connectivity index (χ1v) is 24.0. The molecule has 0 unspecified atom stereocenters.